The van der Waals surface area contributed by atoms with Gasteiger partial charge in [0, 0.05) is 31.7 Å². The van der Waals surface area contributed by atoms with Crippen molar-refractivity contribution in [3.63, 3.8) is 0 Å². The molecule has 344 valence electrons. The molecule has 1 heterocycles. The zero-order valence-corrected chi connectivity index (χ0v) is 35.5. The lowest BCUT2D eigenvalue weighted by molar-refractivity contribution is -0.137. The summed E-state index contributed by atoms with van der Waals surface area (Å²) in [5, 5.41) is 2.81. The molecule has 1 rings (SSSR count). The Labute approximate surface area is 349 Å². The minimum absolute atomic E-state index is 0.0474. The van der Waals surface area contributed by atoms with Gasteiger partial charge in [0.25, 0.3) is 11.8 Å². The maximum absolute atomic E-state index is 11.9. The second-order valence-corrected chi connectivity index (χ2v) is 13.5. The highest BCUT2D eigenvalue weighted by Gasteiger charge is 2.22. The Bertz CT molecular complexity index is 1060. The number of unbranched alkanes of at least 4 members (excludes halogenated alkanes) is 2. The largest absolute Gasteiger partial charge is 0.442 e. The molecule has 4 amide bonds. The van der Waals surface area contributed by atoms with Gasteiger partial charge in [0.05, 0.1) is 152 Å². The van der Waals surface area contributed by atoms with Crippen LogP contribution in [-0.2, 0) is 76.1 Å². The topological polar surface area (TPSA) is 216 Å². The third-order valence-corrected chi connectivity index (χ3v) is 7.36. The number of hydrogen-bond acceptors (Lipinski definition) is 17. The Hall–Kier alpha value is -2.86. The SMILES string of the molecule is CC(C)(C)OC(=O)NOCCOCCOCCOCCOCCOCCOCCOCCOCCOCCOCCOCCNC(=O)CCCCCN1C(=O)C=CC1=O. The minimum atomic E-state index is -0.644. The fourth-order valence-corrected chi connectivity index (χ4v) is 4.55. The van der Waals surface area contributed by atoms with Crippen molar-refractivity contribution in [2.24, 2.45) is 0 Å². The number of rotatable bonds is 43. The van der Waals surface area contributed by atoms with Crippen LogP contribution >= 0.6 is 0 Å². The van der Waals surface area contributed by atoms with E-state index in [0.29, 0.717) is 178 Å². The van der Waals surface area contributed by atoms with Gasteiger partial charge < -0.3 is 62.2 Å². The quantitative estimate of drug-likeness (QED) is 0.0501. The first-order chi connectivity index (χ1) is 28.7. The lowest BCUT2D eigenvalue weighted by Crippen LogP contribution is -2.33. The third kappa shape index (κ3) is 37.8. The van der Waals surface area contributed by atoms with E-state index in [-0.39, 0.29) is 24.3 Å². The zero-order chi connectivity index (χ0) is 42.9. The number of carbonyl (C=O) groups is 4. The first kappa shape index (κ1) is 54.2. The molecule has 2 N–H and O–H groups in total. The Balaban J connectivity index is 1.64. The van der Waals surface area contributed by atoms with Crippen molar-refractivity contribution in [1.82, 2.24) is 15.7 Å². The van der Waals surface area contributed by atoms with Gasteiger partial charge in [-0.25, -0.2) is 4.79 Å². The van der Waals surface area contributed by atoms with Crippen LogP contribution in [0.3, 0.4) is 0 Å². The van der Waals surface area contributed by atoms with Gasteiger partial charge in [0.1, 0.15) is 5.60 Å². The summed E-state index contributed by atoms with van der Waals surface area (Å²) in [7, 11) is 0. The number of hydroxylamine groups is 1. The number of hydrogen-bond donors (Lipinski definition) is 2. The van der Waals surface area contributed by atoms with Crippen LogP contribution in [-0.4, -0.2) is 199 Å². The second kappa shape index (κ2) is 39.3. The van der Waals surface area contributed by atoms with E-state index in [0.717, 1.165) is 6.42 Å². The van der Waals surface area contributed by atoms with Gasteiger partial charge in [-0.15, -0.1) is 0 Å². The van der Waals surface area contributed by atoms with Crippen LogP contribution in [0.15, 0.2) is 12.2 Å². The van der Waals surface area contributed by atoms with Crippen molar-refractivity contribution in [3.05, 3.63) is 12.2 Å². The van der Waals surface area contributed by atoms with E-state index in [9.17, 15) is 19.2 Å². The van der Waals surface area contributed by atoms with Crippen LogP contribution < -0.4 is 10.8 Å². The van der Waals surface area contributed by atoms with Gasteiger partial charge >= 0.3 is 6.09 Å². The zero-order valence-electron chi connectivity index (χ0n) is 35.5. The molecule has 0 aromatic carbocycles. The standard InChI is InChI=1S/C39H71N3O17/c1-39(2,3)59-38(46)41-58-34-33-57-32-31-56-30-29-55-28-27-54-26-25-53-24-23-52-22-21-51-20-19-50-18-17-49-16-15-48-14-13-47-12-10-40-35(43)7-5-4-6-11-42-36(44)8-9-37(42)45/h8-9H,4-7,10-34H2,1-3H3,(H,40,43)(H,41,46). The third-order valence-electron chi connectivity index (χ3n) is 7.36. The minimum Gasteiger partial charge on any atom is -0.442 e. The molecule has 1 aliphatic rings. The summed E-state index contributed by atoms with van der Waals surface area (Å²) >= 11 is 0. The second-order valence-electron chi connectivity index (χ2n) is 13.5. The van der Waals surface area contributed by atoms with Crippen LogP contribution in [0.2, 0.25) is 0 Å². The summed E-state index contributed by atoms with van der Waals surface area (Å²) in [6.07, 6.45) is 4.44. The van der Waals surface area contributed by atoms with Crippen molar-refractivity contribution < 1.29 is 80.9 Å². The maximum atomic E-state index is 11.9. The maximum Gasteiger partial charge on any atom is 0.431 e. The highest BCUT2D eigenvalue weighted by Crippen LogP contribution is 2.08. The number of nitrogens with zero attached hydrogens (tertiary/aromatic N) is 1. The predicted octanol–water partition coefficient (Wildman–Crippen LogP) is 1.23. The Morgan fingerprint density at radius 1 is 0.492 bits per heavy atom. The number of ether oxygens (including phenoxy) is 12. The molecule has 0 saturated carbocycles. The molecule has 0 unspecified atom stereocenters. The molecule has 0 atom stereocenters. The Morgan fingerprint density at radius 3 is 1.19 bits per heavy atom. The molecule has 0 aromatic rings. The van der Waals surface area contributed by atoms with Gasteiger partial charge in [-0.3, -0.25) is 24.1 Å². The van der Waals surface area contributed by atoms with E-state index in [4.69, 9.17) is 61.7 Å². The molecule has 0 aromatic heterocycles. The Kier molecular flexibility index (Phi) is 36.1. The summed E-state index contributed by atoms with van der Waals surface area (Å²) in [4.78, 5) is 52.5. The van der Waals surface area contributed by atoms with E-state index < -0.39 is 11.7 Å². The molecule has 0 spiro atoms. The van der Waals surface area contributed by atoms with Crippen molar-refractivity contribution in [2.45, 2.75) is 52.1 Å². The number of nitrogens with one attached hydrogen (secondary N) is 2. The fourth-order valence-electron chi connectivity index (χ4n) is 4.55. The molecule has 0 aliphatic carbocycles. The highest BCUT2D eigenvalue weighted by molar-refractivity contribution is 6.12. The monoisotopic (exact) mass is 853 g/mol. The average Bonchev–Trinajstić information content (AvgIpc) is 3.52. The lowest BCUT2D eigenvalue weighted by atomic mass is 10.2. The lowest BCUT2D eigenvalue weighted by Gasteiger charge is -2.19. The van der Waals surface area contributed by atoms with Gasteiger partial charge in [0.2, 0.25) is 5.91 Å². The van der Waals surface area contributed by atoms with Crippen LogP contribution in [0.1, 0.15) is 46.5 Å². The number of imide groups is 1. The van der Waals surface area contributed by atoms with E-state index in [1.807, 2.05) is 0 Å². The fraction of sp³-hybridized carbons (Fsp3) is 0.846. The Morgan fingerprint density at radius 2 is 0.831 bits per heavy atom. The van der Waals surface area contributed by atoms with Gasteiger partial charge in [-0.05, 0) is 33.6 Å². The molecular formula is C39H71N3O17. The molecule has 0 radical (unpaired) electrons. The molecule has 59 heavy (non-hydrogen) atoms. The smallest absolute Gasteiger partial charge is 0.431 e. The van der Waals surface area contributed by atoms with Crippen LogP contribution in [0, 0.1) is 0 Å². The van der Waals surface area contributed by atoms with E-state index in [1.165, 1.54) is 17.1 Å². The van der Waals surface area contributed by atoms with E-state index in [2.05, 4.69) is 10.8 Å². The summed E-state index contributed by atoms with van der Waals surface area (Å²) in [6, 6.07) is 0. The molecule has 20 heteroatoms. The molecule has 20 nitrogen and oxygen atoms in total. The number of carbonyl (C=O) groups excluding carboxylic acids is 4. The average molecular weight is 854 g/mol. The molecule has 0 fully saturated rings. The summed E-state index contributed by atoms with van der Waals surface area (Å²) in [6.45, 7) is 16.1. The van der Waals surface area contributed by atoms with Crippen molar-refractivity contribution >= 4 is 23.8 Å². The van der Waals surface area contributed by atoms with E-state index in [1.54, 1.807) is 20.8 Å². The van der Waals surface area contributed by atoms with Crippen LogP contribution in [0.25, 0.3) is 0 Å². The summed E-state index contributed by atoms with van der Waals surface area (Å²) in [5.74, 6) is -0.597. The van der Waals surface area contributed by atoms with Gasteiger partial charge in [-0.2, -0.15) is 5.48 Å². The van der Waals surface area contributed by atoms with Crippen LogP contribution in [0.4, 0.5) is 4.79 Å². The van der Waals surface area contributed by atoms with E-state index >= 15 is 0 Å². The van der Waals surface area contributed by atoms with Gasteiger partial charge in [-0.1, -0.05) is 6.42 Å². The summed E-state index contributed by atoms with van der Waals surface area (Å²) in [5.41, 5.74) is 1.61. The van der Waals surface area contributed by atoms with Crippen molar-refractivity contribution in [2.75, 3.05) is 165 Å². The molecule has 0 saturated heterocycles. The first-order valence-corrected chi connectivity index (χ1v) is 20.4. The molecule has 1 aliphatic heterocycles. The highest BCUT2D eigenvalue weighted by atomic mass is 16.7. The molecular weight excluding hydrogens is 782 g/mol. The van der Waals surface area contributed by atoms with Crippen LogP contribution in [0.5, 0.6) is 0 Å². The summed E-state index contributed by atoms with van der Waals surface area (Å²) < 4.78 is 65.1. The van der Waals surface area contributed by atoms with Crippen molar-refractivity contribution in [1.29, 1.82) is 0 Å². The van der Waals surface area contributed by atoms with Crippen molar-refractivity contribution in [3.8, 4) is 0 Å². The normalized spacial score (nSPS) is 12.8. The number of amides is 4. The predicted molar refractivity (Wildman–Crippen MR) is 212 cm³/mol. The first-order valence-electron chi connectivity index (χ1n) is 20.4. The molecule has 0 bridgehead atoms. The van der Waals surface area contributed by atoms with Gasteiger partial charge in [0.15, 0.2) is 0 Å².